The highest BCUT2D eigenvalue weighted by molar-refractivity contribution is 8.35. The monoisotopic (exact) mass is 303 g/mol. The van der Waals surface area contributed by atoms with Gasteiger partial charge >= 0.3 is 0 Å². The lowest BCUT2D eigenvalue weighted by atomic mass is 10.3. The molecule has 0 aromatic heterocycles. The quantitative estimate of drug-likeness (QED) is 0.843. The van der Waals surface area contributed by atoms with Crippen molar-refractivity contribution >= 4 is 25.8 Å². The molecule has 0 aliphatic heterocycles. The van der Waals surface area contributed by atoms with Gasteiger partial charge in [-0.2, -0.15) is 3.77 Å². The summed E-state index contributed by atoms with van der Waals surface area (Å²) in [6.45, 7) is 6.39. The summed E-state index contributed by atoms with van der Waals surface area (Å²) in [5.74, 6) is 0. The molecule has 6 heteroatoms. The van der Waals surface area contributed by atoms with Gasteiger partial charge in [0, 0.05) is 10.4 Å². The Balaban J connectivity index is 3.40. The summed E-state index contributed by atoms with van der Waals surface area (Å²) >= 11 is 0. The predicted molar refractivity (Wildman–Crippen MR) is 87.9 cm³/mol. The normalized spacial score (nSPS) is 16.7. The number of nitrogens with zero attached hydrogens (tertiary/aromatic N) is 1. The number of rotatable bonds is 3. The third-order valence-electron chi connectivity index (χ3n) is 3.27. The summed E-state index contributed by atoms with van der Waals surface area (Å²) in [5, 5.41) is 0. The Hall–Kier alpha value is -0.720. The highest BCUT2D eigenvalue weighted by atomic mass is 32.3. The lowest BCUT2D eigenvalue weighted by Crippen LogP contribution is -2.26. The van der Waals surface area contributed by atoms with Crippen LogP contribution in [0.5, 0.6) is 0 Å². The minimum atomic E-state index is -2.61. The van der Waals surface area contributed by atoms with E-state index in [1.54, 1.807) is 31.3 Å². The number of nitrogens with two attached hydrogens (primary N) is 1. The van der Waals surface area contributed by atoms with Gasteiger partial charge in [-0.05, 0) is 43.8 Å². The number of nitrogens with one attached hydrogen (secondary N) is 1. The third kappa shape index (κ3) is 3.64. The minimum absolute atomic E-state index is 0.000316. The molecule has 1 aromatic rings. The summed E-state index contributed by atoms with van der Waals surface area (Å²) in [4.78, 5) is 0.675. The summed E-state index contributed by atoms with van der Waals surface area (Å²) in [5.41, 5.74) is 6.33. The molecule has 0 fully saturated rings. The molecular weight excluding hydrogens is 278 g/mol. The van der Waals surface area contributed by atoms with Gasteiger partial charge in [0.25, 0.3) is 0 Å². The van der Waals surface area contributed by atoms with Crippen LogP contribution in [0.3, 0.4) is 0 Å². The molecule has 0 aliphatic rings. The van der Waals surface area contributed by atoms with E-state index in [9.17, 15) is 4.21 Å². The van der Waals surface area contributed by atoms with Crippen LogP contribution in [-0.2, 0) is 9.92 Å². The van der Waals surface area contributed by atoms with Crippen molar-refractivity contribution in [2.75, 3.05) is 25.3 Å². The summed E-state index contributed by atoms with van der Waals surface area (Å²) in [6.07, 6.45) is 4.17. The van der Waals surface area contributed by atoms with Crippen molar-refractivity contribution in [2.45, 2.75) is 30.4 Å². The van der Waals surface area contributed by atoms with E-state index in [4.69, 9.17) is 5.73 Å². The summed E-state index contributed by atoms with van der Waals surface area (Å²) in [6, 6.07) is 7.05. The number of benzene rings is 1. The van der Waals surface area contributed by atoms with Crippen LogP contribution in [0.4, 0.5) is 5.69 Å². The maximum Gasteiger partial charge on any atom is 0.146 e. The second-order valence-electron chi connectivity index (χ2n) is 5.76. The lowest BCUT2D eigenvalue weighted by Gasteiger charge is -2.40. The van der Waals surface area contributed by atoms with Crippen LogP contribution in [0, 0.1) is 0 Å². The van der Waals surface area contributed by atoms with Gasteiger partial charge in [-0.15, -0.1) is 10.2 Å². The molecule has 0 bridgehead atoms. The summed E-state index contributed by atoms with van der Waals surface area (Å²) in [7, 11) is -2.30. The Morgan fingerprint density at radius 1 is 1.16 bits per heavy atom. The van der Waals surface area contributed by atoms with Gasteiger partial charge in [0.1, 0.15) is 9.92 Å². The molecule has 0 radical (unpaired) electrons. The molecule has 0 saturated carbocycles. The van der Waals surface area contributed by atoms with Gasteiger partial charge in [0.2, 0.25) is 0 Å². The number of hydrogen-bond acceptors (Lipinski definition) is 3. The lowest BCUT2D eigenvalue weighted by molar-refractivity contribution is 0.671. The van der Waals surface area contributed by atoms with E-state index in [0.29, 0.717) is 10.6 Å². The molecule has 0 heterocycles. The molecule has 0 amide bonds. The molecule has 3 N–H and O–H groups in total. The Bertz CT molecular complexity index is 550. The number of hydrogen-bond donors (Lipinski definition) is 2. The molecule has 4 nitrogen and oxygen atoms in total. The van der Waals surface area contributed by atoms with Crippen molar-refractivity contribution in [1.82, 2.24) is 4.72 Å². The maximum absolute atomic E-state index is 13.0. The molecule has 1 atom stereocenters. The van der Waals surface area contributed by atoms with Gasteiger partial charge < -0.3 is 5.73 Å². The summed E-state index contributed by atoms with van der Waals surface area (Å²) < 4.78 is 20.6. The highest BCUT2D eigenvalue weighted by Gasteiger charge is 2.29. The predicted octanol–water partition coefficient (Wildman–Crippen LogP) is 3.01. The molecule has 110 valence electrons. The molecule has 1 rings (SSSR count). The van der Waals surface area contributed by atoms with Crippen molar-refractivity contribution < 1.29 is 4.21 Å². The van der Waals surface area contributed by atoms with E-state index in [1.165, 1.54) is 0 Å². The van der Waals surface area contributed by atoms with Crippen LogP contribution in [0.2, 0.25) is 0 Å². The Kier molecular flexibility index (Phi) is 4.59. The smallest absolute Gasteiger partial charge is 0.146 e. The Morgan fingerprint density at radius 3 is 2.00 bits per heavy atom. The average molecular weight is 303 g/mol. The zero-order chi connectivity index (χ0) is 14.9. The minimum Gasteiger partial charge on any atom is -0.399 e. The van der Waals surface area contributed by atoms with Crippen LogP contribution in [0.1, 0.15) is 20.8 Å². The van der Waals surface area contributed by atoms with Gasteiger partial charge in [-0.25, -0.2) is 8.93 Å². The zero-order valence-electron chi connectivity index (χ0n) is 12.6. The van der Waals surface area contributed by atoms with E-state index in [1.807, 2.05) is 0 Å². The Morgan fingerprint density at radius 2 is 1.63 bits per heavy atom. The molecule has 0 spiro atoms. The van der Waals surface area contributed by atoms with Gasteiger partial charge in [0.15, 0.2) is 0 Å². The van der Waals surface area contributed by atoms with Crippen molar-refractivity contribution in [3.05, 3.63) is 24.3 Å². The van der Waals surface area contributed by atoms with E-state index in [-0.39, 0.29) is 4.75 Å². The first-order valence-corrected chi connectivity index (χ1v) is 9.99. The largest absolute Gasteiger partial charge is 0.399 e. The molecule has 0 aliphatic carbocycles. The standard InChI is InChI=1S/C13H25N3OS2/c1-13(2,3)18(5,6)16-19(17,15-4)12-9-7-11(14)8-10-12/h7-10H,14H2,1-6H3,(H,15,16,17). The fourth-order valence-corrected chi connectivity index (χ4v) is 5.60. The van der Waals surface area contributed by atoms with Crippen LogP contribution in [0.15, 0.2) is 32.9 Å². The average Bonchev–Trinajstić information content (AvgIpc) is 2.27. The SMILES string of the molecule is CNS(=O)(=NS(C)(C)C(C)(C)C)c1ccc(N)cc1. The van der Waals surface area contributed by atoms with Crippen molar-refractivity contribution in [3.8, 4) is 0 Å². The van der Waals surface area contributed by atoms with Crippen LogP contribution >= 0.6 is 10.2 Å². The highest BCUT2D eigenvalue weighted by Crippen LogP contribution is 2.55. The van der Waals surface area contributed by atoms with E-state index in [2.05, 4.69) is 41.8 Å². The van der Waals surface area contributed by atoms with Crippen LogP contribution in [0.25, 0.3) is 0 Å². The van der Waals surface area contributed by atoms with Crippen LogP contribution in [-0.4, -0.2) is 28.5 Å². The third-order valence-corrected chi connectivity index (χ3v) is 10.1. The molecule has 19 heavy (non-hydrogen) atoms. The first kappa shape index (κ1) is 16.3. The topological polar surface area (TPSA) is 67.5 Å². The van der Waals surface area contributed by atoms with E-state index < -0.39 is 20.1 Å². The van der Waals surface area contributed by atoms with Gasteiger partial charge in [-0.3, -0.25) is 0 Å². The van der Waals surface area contributed by atoms with Crippen molar-refractivity contribution in [3.63, 3.8) is 0 Å². The molecule has 0 saturated heterocycles. The van der Waals surface area contributed by atoms with Gasteiger partial charge in [0.05, 0.1) is 4.90 Å². The Labute approximate surface area is 118 Å². The van der Waals surface area contributed by atoms with Crippen LogP contribution < -0.4 is 10.5 Å². The fourth-order valence-electron chi connectivity index (χ4n) is 1.22. The first-order chi connectivity index (χ1) is 8.52. The van der Waals surface area contributed by atoms with E-state index >= 15 is 0 Å². The zero-order valence-corrected chi connectivity index (χ0v) is 14.2. The first-order valence-electron chi connectivity index (χ1n) is 6.07. The number of nitrogen functional groups attached to an aromatic ring is 1. The second-order valence-corrected chi connectivity index (χ2v) is 12.1. The van der Waals surface area contributed by atoms with Crippen molar-refractivity contribution in [2.24, 2.45) is 3.77 Å². The second kappa shape index (κ2) is 5.34. The molecule has 1 aromatic carbocycles. The van der Waals surface area contributed by atoms with Gasteiger partial charge in [-0.1, -0.05) is 20.8 Å². The molecule has 1 unspecified atom stereocenters. The maximum atomic E-state index is 13.0. The molecular formula is C13H25N3OS2. The van der Waals surface area contributed by atoms with E-state index in [0.717, 1.165) is 0 Å². The fraction of sp³-hybridized carbons (Fsp3) is 0.538. The van der Waals surface area contributed by atoms with Crippen molar-refractivity contribution in [1.29, 1.82) is 0 Å². The number of anilines is 1.